The second-order valence-electron chi connectivity index (χ2n) is 20.5. The number of anilines is 6. The molecule has 0 radical (unpaired) electrons. The van der Waals surface area contributed by atoms with Crippen molar-refractivity contribution in [1.82, 2.24) is 0 Å². The fourth-order valence-electron chi connectivity index (χ4n) is 8.76. The van der Waals surface area contributed by atoms with E-state index in [1.807, 2.05) is 0 Å². The van der Waals surface area contributed by atoms with Crippen molar-refractivity contribution in [2.75, 3.05) is 9.80 Å². The topological polar surface area (TPSA) is 6.48 Å². The number of rotatable bonds is 3. The van der Waals surface area contributed by atoms with E-state index in [9.17, 15) is 0 Å². The highest BCUT2D eigenvalue weighted by Gasteiger charge is 2.44. The summed E-state index contributed by atoms with van der Waals surface area (Å²) in [5.74, 6) is 0. The van der Waals surface area contributed by atoms with Crippen molar-refractivity contribution in [1.29, 1.82) is 0 Å². The Morgan fingerprint density at radius 1 is 0.393 bits per heavy atom. The predicted molar refractivity (Wildman–Crippen MR) is 245 cm³/mol. The zero-order valence-corrected chi connectivity index (χ0v) is 36.0. The van der Waals surface area contributed by atoms with Crippen LogP contribution in [0.3, 0.4) is 0 Å². The van der Waals surface area contributed by atoms with Crippen LogP contribution in [0.25, 0.3) is 11.1 Å². The third kappa shape index (κ3) is 6.47. The number of benzene rings is 6. The summed E-state index contributed by atoms with van der Waals surface area (Å²) in [6, 6.07) is 47.0. The first-order chi connectivity index (χ1) is 26.2. The largest absolute Gasteiger partial charge is 0.311 e. The zero-order chi connectivity index (χ0) is 40.1. The summed E-state index contributed by atoms with van der Waals surface area (Å²) in [6.07, 6.45) is 0. The van der Waals surface area contributed by atoms with Gasteiger partial charge in [-0.3, -0.25) is 0 Å². The van der Waals surface area contributed by atoms with Crippen LogP contribution in [-0.2, 0) is 21.7 Å². The summed E-state index contributed by atoms with van der Waals surface area (Å²) in [5.41, 5.74) is 20.7. The minimum Gasteiger partial charge on any atom is -0.311 e. The second kappa shape index (κ2) is 13.0. The van der Waals surface area contributed by atoms with Gasteiger partial charge in [0.1, 0.15) is 0 Å². The molecule has 6 aromatic rings. The third-order valence-corrected chi connectivity index (χ3v) is 12.1. The van der Waals surface area contributed by atoms with Gasteiger partial charge in [-0.05, 0) is 127 Å². The van der Waals surface area contributed by atoms with Gasteiger partial charge < -0.3 is 9.80 Å². The molecule has 2 aliphatic rings. The van der Waals surface area contributed by atoms with E-state index in [-0.39, 0.29) is 28.4 Å². The highest BCUT2D eigenvalue weighted by atomic mass is 15.2. The molecular formula is C53H59BN2. The van der Waals surface area contributed by atoms with Crippen molar-refractivity contribution < 1.29 is 0 Å². The quantitative estimate of drug-likeness (QED) is 0.167. The van der Waals surface area contributed by atoms with Crippen LogP contribution in [0.5, 0.6) is 0 Å². The van der Waals surface area contributed by atoms with Gasteiger partial charge in [-0.2, -0.15) is 0 Å². The SMILES string of the molecule is Cc1cc2c3c(c1)N(c1ccc(C(C)(C)C)cc1-c1ccccc1)c1cc(C(C)(C)C)ccc1B3c1cc(C(C)(C)C)ccc1N2c1ccc(C(C)(C)C)cc1. The molecule has 3 heteroatoms. The van der Waals surface area contributed by atoms with Crippen LogP contribution in [0, 0.1) is 6.92 Å². The summed E-state index contributed by atoms with van der Waals surface area (Å²) < 4.78 is 0. The number of hydrogen-bond donors (Lipinski definition) is 0. The van der Waals surface area contributed by atoms with Crippen molar-refractivity contribution in [2.45, 2.75) is 112 Å². The first-order valence-electron chi connectivity index (χ1n) is 20.6. The lowest BCUT2D eigenvalue weighted by molar-refractivity contribution is 0.590. The Morgan fingerprint density at radius 3 is 1.48 bits per heavy atom. The van der Waals surface area contributed by atoms with Crippen molar-refractivity contribution in [3.8, 4) is 11.1 Å². The van der Waals surface area contributed by atoms with Crippen molar-refractivity contribution in [3.63, 3.8) is 0 Å². The molecule has 0 aromatic heterocycles. The minimum absolute atomic E-state index is 0.00358. The van der Waals surface area contributed by atoms with Gasteiger partial charge >= 0.3 is 0 Å². The Labute approximate surface area is 337 Å². The molecule has 8 rings (SSSR count). The maximum absolute atomic E-state index is 2.61. The molecular weight excluding hydrogens is 675 g/mol. The van der Waals surface area contributed by atoms with E-state index in [0.717, 1.165) is 0 Å². The molecule has 0 unspecified atom stereocenters. The summed E-state index contributed by atoms with van der Waals surface area (Å²) in [7, 11) is 0. The van der Waals surface area contributed by atoms with E-state index in [1.165, 1.54) is 89.5 Å². The van der Waals surface area contributed by atoms with E-state index >= 15 is 0 Å². The van der Waals surface area contributed by atoms with Crippen LogP contribution in [-0.4, -0.2) is 6.71 Å². The predicted octanol–water partition coefficient (Wildman–Crippen LogP) is 12.9. The van der Waals surface area contributed by atoms with Gasteiger partial charge in [-0.1, -0.05) is 156 Å². The number of aryl methyl sites for hydroxylation is 1. The standard InChI is InChI=1S/C53H59BN2/c1-34-29-47-49-48(30-34)56(44-27-22-37(51(5,6)7)31-41(44)35-17-15-14-16-18-35)46-33-39(53(11,12)13)21-26-42(46)54(49)43-32-38(52(8,9)10)23-28-45(43)55(47)40-24-19-36(20-25-40)50(2,3)4/h14-33H,1-13H3. The smallest absolute Gasteiger partial charge is 0.252 e. The normalized spacial score (nSPS) is 14.1. The average molecular weight is 735 g/mol. The molecule has 0 fully saturated rings. The lowest BCUT2D eigenvalue weighted by Crippen LogP contribution is -2.61. The molecule has 0 saturated heterocycles. The van der Waals surface area contributed by atoms with Crippen LogP contribution in [0.2, 0.25) is 0 Å². The minimum atomic E-state index is -0.0169. The van der Waals surface area contributed by atoms with Gasteiger partial charge in [0.25, 0.3) is 6.71 Å². The highest BCUT2D eigenvalue weighted by Crippen LogP contribution is 2.48. The van der Waals surface area contributed by atoms with Crippen molar-refractivity contribution in [3.05, 3.63) is 149 Å². The zero-order valence-electron chi connectivity index (χ0n) is 36.0. The third-order valence-electron chi connectivity index (χ3n) is 12.1. The summed E-state index contributed by atoms with van der Waals surface area (Å²) >= 11 is 0. The molecule has 2 heterocycles. The number of hydrogen-bond acceptors (Lipinski definition) is 2. The Kier molecular flexibility index (Phi) is 8.81. The number of nitrogens with zero attached hydrogens (tertiary/aromatic N) is 2. The Morgan fingerprint density at radius 2 is 0.893 bits per heavy atom. The van der Waals surface area contributed by atoms with Gasteiger partial charge in [0.15, 0.2) is 0 Å². The average Bonchev–Trinajstić information content (AvgIpc) is 3.13. The Hall–Kier alpha value is -5.02. The molecule has 0 N–H and O–H groups in total. The van der Waals surface area contributed by atoms with E-state index < -0.39 is 0 Å². The fraction of sp³-hybridized carbons (Fsp3) is 0.321. The number of fused-ring (bicyclic) bond motifs is 4. The maximum Gasteiger partial charge on any atom is 0.252 e. The second-order valence-corrected chi connectivity index (χ2v) is 20.5. The first kappa shape index (κ1) is 37.9. The van der Waals surface area contributed by atoms with E-state index in [2.05, 4.69) is 221 Å². The van der Waals surface area contributed by atoms with E-state index in [1.54, 1.807) is 0 Å². The molecule has 2 nitrogen and oxygen atoms in total. The molecule has 0 atom stereocenters. The molecule has 0 saturated carbocycles. The summed E-state index contributed by atoms with van der Waals surface area (Å²) in [6.45, 7) is 30.2. The molecule has 284 valence electrons. The van der Waals surface area contributed by atoms with Gasteiger partial charge in [0, 0.05) is 34.0 Å². The lowest BCUT2D eigenvalue weighted by Gasteiger charge is -2.45. The van der Waals surface area contributed by atoms with Crippen LogP contribution < -0.4 is 26.2 Å². The Balaban J connectivity index is 1.49. The molecule has 6 aromatic carbocycles. The van der Waals surface area contributed by atoms with Crippen LogP contribution in [0.15, 0.2) is 121 Å². The molecule has 56 heavy (non-hydrogen) atoms. The monoisotopic (exact) mass is 734 g/mol. The Bertz CT molecular complexity index is 2460. The van der Waals surface area contributed by atoms with E-state index in [0.29, 0.717) is 0 Å². The maximum atomic E-state index is 2.61. The fourth-order valence-corrected chi connectivity index (χ4v) is 8.76. The van der Waals surface area contributed by atoms with Crippen LogP contribution in [0.4, 0.5) is 34.1 Å². The van der Waals surface area contributed by atoms with Crippen molar-refractivity contribution in [2.24, 2.45) is 0 Å². The molecule has 0 amide bonds. The summed E-state index contributed by atoms with van der Waals surface area (Å²) in [4.78, 5) is 5.16. The molecule has 0 spiro atoms. The summed E-state index contributed by atoms with van der Waals surface area (Å²) in [5, 5.41) is 0. The molecule has 0 bridgehead atoms. The van der Waals surface area contributed by atoms with Crippen molar-refractivity contribution >= 4 is 57.2 Å². The van der Waals surface area contributed by atoms with Crippen LogP contribution in [0.1, 0.15) is 111 Å². The van der Waals surface area contributed by atoms with Gasteiger partial charge in [-0.25, -0.2) is 0 Å². The molecule has 2 aliphatic heterocycles. The van der Waals surface area contributed by atoms with E-state index in [4.69, 9.17) is 0 Å². The lowest BCUT2D eigenvalue weighted by atomic mass is 9.33. The van der Waals surface area contributed by atoms with Gasteiger partial charge in [-0.15, -0.1) is 0 Å². The first-order valence-corrected chi connectivity index (χ1v) is 20.6. The van der Waals surface area contributed by atoms with Gasteiger partial charge in [0.2, 0.25) is 0 Å². The van der Waals surface area contributed by atoms with Crippen LogP contribution >= 0.6 is 0 Å². The van der Waals surface area contributed by atoms with Gasteiger partial charge in [0.05, 0.1) is 5.69 Å². The highest BCUT2D eigenvalue weighted by molar-refractivity contribution is 7.00. The molecule has 0 aliphatic carbocycles.